The van der Waals surface area contributed by atoms with Crippen LogP contribution in [0.1, 0.15) is 33.1 Å². The lowest BCUT2D eigenvalue weighted by Crippen LogP contribution is -2.52. The molecular formula is C14H26N2O5. The molecule has 1 rings (SSSR count). The number of rotatable bonds is 7. The van der Waals surface area contributed by atoms with Crippen LogP contribution in [0.2, 0.25) is 0 Å². The molecule has 1 saturated heterocycles. The number of aliphatic hydroxyl groups is 1. The number of ether oxygens (including phenoxy) is 1. The highest BCUT2D eigenvalue weighted by molar-refractivity contribution is 5.80. The van der Waals surface area contributed by atoms with Gasteiger partial charge in [0, 0.05) is 19.1 Å². The minimum absolute atomic E-state index is 0.000448. The van der Waals surface area contributed by atoms with Crippen LogP contribution in [0, 0.1) is 0 Å². The van der Waals surface area contributed by atoms with E-state index in [0.29, 0.717) is 32.5 Å². The van der Waals surface area contributed by atoms with Crippen molar-refractivity contribution >= 4 is 12.0 Å². The Morgan fingerprint density at radius 1 is 1.38 bits per heavy atom. The Morgan fingerprint density at radius 2 is 2.00 bits per heavy atom. The molecule has 7 nitrogen and oxygen atoms in total. The predicted octanol–water partition coefficient (Wildman–Crippen LogP) is 0.765. The number of urea groups is 1. The number of carbonyl (C=O) groups is 2. The van der Waals surface area contributed by atoms with Gasteiger partial charge in [0.05, 0.1) is 19.3 Å². The van der Waals surface area contributed by atoms with Gasteiger partial charge in [-0.05, 0) is 26.2 Å². The first-order valence-corrected chi connectivity index (χ1v) is 7.49. The Morgan fingerprint density at radius 3 is 2.48 bits per heavy atom. The third-order valence-electron chi connectivity index (χ3n) is 3.83. The lowest BCUT2D eigenvalue weighted by molar-refractivity contribution is -0.138. The molecule has 21 heavy (non-hydrogen) atoms. The maximum atomic E-state index is 12.5. The fourth-order valence-electron chi connectivity index (χ4n) is 2.39. The van der Waals surface area contributed by atoms with Crippen molar-refractivity contribution in [2.75, 3.05) is 32.8 Å². The van der Waals surface area contributed by atoms with E-state index in [2.05, 4.69) is 0 Å². The summed E-state index contributed by atoms with van der Waals surface area (Å²) in [6.07, 6.45) is 2.22. The van der Waals surface area contributed by atoms with Crippen LogP contribution in [0.5, 0.6) is 0 Å². The SMILES string of the molecule is CCC(C)N(CC(=O)O)C(=O)N1CCC(OCCO)CC1. The lowest BCUT2D eigenvalue weighted by Gasteiger charge is -2.37. The minimum Gasteiger partial charge on any atom is -0.480 e. The van der Waals surface area contributed by atoms with Gasteiger partial charge in [-0.15, -0.1) is 0 Å². The molecule has 1 atom stereocenters. The largest absolute Gasteiger partial charge is 0.480 e. The summed E-state index contributed by atoms with van der Waals surface area (Å²) < 4.78 is 5.46. The monoisotopic (exact) mass is 302 g/mol. The van der Waals surface area contributed by atoms with Gasteiger partial charge in [0.15, 0.2) is 0 Å². The number of aliphatic carboxylic acids is 1. The predicted molar refractivity (Wildman–Crippen MR) is 77.1 cm³/mol. The van der Waals surface area contributed by atoms with E-state index in [1.807, 2.05) is 13.8 Å². The van der Waals surface area contributed by atoms with E-state index in [-0.39, 0.29) is 31.3 Å². The summed E-state index contributed by atoms with van der Waals surface area (Å²) in [6.45, 7) is 4.95. The molecule has 0 bridgehead atoms. The third kappa shape index (κ3) is 5.51. The second-order valence-electron chi connectivity index (χ2n) is 5.34. The van der Waals surface area contributed by atoms with Crippen LogP contribution in [0.4, 0.5) is 4.79 Å². The first-order valence-electron chi connectivity index (χ1n) is 7.49. The normalized spacial score (nSPS) is 17.6. The Kier molecular flexibility index (Phi) is 7.45. The molecule has 7 heteroatoms. The number of hydrogen-bond acceptors (Lipinski definition) is 4. The zero-order valence-electron chi connectivity index (χ0n) is 12.8. The highest BCUT2D eigenvalue weighted by Crippen LogP contribution is 2.17. The number of likely N-dealkylation sites (tertiary alicyclic amines) is 1. The lowest BCUT2D eigenvalue weighted by atomic mass is 10.1. The van der Waals surface area contributed by atoms with E-state index in [4.69, 9.17) is 14.9 Å². The fraction of sp³-hybridized carbons (Fsp3) is 0.857. The summed E-state index contributed by atoms with van der Waals surface area (Å²) in [5, 5.41) is 17.7. The number of carbonyl (C=O) groups excluding carboxylic acids is 1. The molecule has 0 saturated carbocycles. The van der Waals surface area contributed by atoms with Gasteiger partial charge in [-0.3, -0.25) is 4.79 Å². The van der Waals surface area contributed by atoms with Crippen LogP contribution < -0.4 is 0 Å². The summed E-state index contributed by atoms with van der Waals surface area (Å²) in [5.41, 5.74) is 0. The smallest absolute Gasteiger partial charge is 0.323 e. The third-order valence-corrected chi connectivity index (χ3v) is 3.83. The molecule has 0 aliphatic carbocycles. The van der Waals surface area contributed by atoms with Crippen LogP contribution >= 0.6 is 0 Å². The molecule has 0 radical (unpaired) electrons. The van der Waals surface area contributed by atoms with Crippen molar-refractivity contribution in [3.8, 4) is 0 Å². The topological polar surface area (TPSA) is 90.3 Å². The molecular weight excluding hydrogens is 276 g/mol. The first-order chi connectivity index (χ1) is 9.99. The van der Waals surface area contributed by atoms with Crippen molar-refractivity contribution in [3.05, 3.63) is 0 Å². The van der Waals surface area contributed by atoms with Crippen LogP contribution in [-0.2, 0) is 9.53 Å². The second kappa shape index (κ2) is 8.84. The van der Waals surface area contributed by atoms with E-state index in [9.17, 15) is 9.59 Å². The van der Waals surface area contributed by atoms with Crippen LogP contribution in [0.15, 0.2) is 0 Å². The maximum Gasteiger partial charge on any atom is 0.323 e. The molecule has 0 aromatic heterocycles. The number of carboxylic acid groups (broad SMARTS) is 1. The van der Waals surface area contributed by atoms with Crippen LogP contribution in [-0.4, -0.2) is 77.0 Å². The zero-order valence-corrected chi connectivity index (χ0v) is 12.8. The summed E-state index contributed by atoms with van der Waals surface area (Å²) in [6, 6.07) is -0.315. The van der Waals surface area contributed by atoms with Crippen molar-refractivity contribution in [1.29, 1.82) is 0 Å². The average Bonchev–Trinajstić information content (AvgIpc) is 2.49. The molecule has 0 spiro atoms. The number of aliphatic hydroxyl groups excluding tert-OH is 1. The zero-order chi connectivity index (χ0) is 15.8. The van der Waals surface area contributed by atoms with Crippen molar-refractivity contribution in [2.45, 2.75) is 45.3 Å². The van der Waals surface area contributed by atoms with Crippen LogP contribution in [0.25, 0.3) is 0 Å². The van der Waals surface area contributed by atoms with Crippen molar-refractivity contribution in [1.82, 2.24) is 9.80 Å². The Hall–Kier alpha value is -1.34. The van der Waals surface area contributed by atoms with Gasteiger partial charge in [-0.2, -0.15) is 0 Å². The Bertz CT molecular complexity index is 342. The van der Waals surface area contributed by atoms with Crippen molar-refractivity contribution in [3.63, 3.8) is 0 Å². The average molecular weight is 302 g/mol. The number of nitrogens with zero attached hydrogens (tertiary/aromatic N) is 2. The van der Waals surface area contributed by atoms with E-state index in [1.54, 1.807) is 4.90 Å². The molecule has 122 valence electrons. The molecule has 1 heterocycles. The molecule has 2 amide bonds. The summed E-state index contributed by atoms with van der Waals surface area (Å²) >= 11 is 0. The van der Waals surface area contributed by atoms with Gasteiger partial charge in [0.1, 0.15) is 6.54 Å². The standard InChI is InChI=1S/C14H26N2O5/c1-3-11(2)16(10-13(18)19)14(20)15-6-4-12(5-7-15)21-9-8-17/h11-12,17H,3-10H2,1-2H3,(H,18,19). The highest BCUT2D eigenvalue weighted by Gasteiger charge is 2.29. The van der Waals surface area contributed by atoms with E-state index < -0.39 is 5.97 Å². The molecule has 1 aliphatic heterocycles. The van der Waals surface area contributed by atoms with Crippen LogP contribution in [0.3, 0.4) is 0 Å². The van der Waals surface area contributed by atoms with E-state index in [0.717, 1.165) is 6.42 Å². The van der Waals surface area contributed by atoms with Gasteiger partial charge < -0.3 is 24.7 Å². The van der Waals surface area contributed by atoms with Gasteiger partial charge >= 0.3 is 12.0 Å². The van der Waals surface area contributed by atoms with Gasteiger partial charge in [-0.1, -0.05) is 6.92 Å². The van der Waals surface area contributed by atoms with E-state index >= 15 is 0 Å². The molecule has 1 aliphatic rings. The minimum atomic E-state index is -0.996. The summed E-state index contributed by atoms with van der Waals surface area (Å²) in [5.74, 6) is -0.996. The van der Waals surface area contributed by atoms with Gasteiger partial charge in [0.2, 0.25) is 0 Å². The first kappa shape index (κ1) is 17.7. The number of amides is 2. The van der Waals surface area contributed by atoms with Gasteiger partial charge in [-0.25, -0.2) is 4.79 Å². The highest BCUT2D eigenvalue weighted by atomic mass is 16.5. The number of carboxylic acids is 1. The molecule has 1 unspecified atom stereocenters. The Balaban J connectivity index is 2.54. The molecule has 0 aromatic rings. The molecule has 1 fully saturated rings. The fourth-order valence-corrected chi connectivity index (χ4v) is 2.39. The van der Waals surface area contributed by atoms with Crippen molar-refractivity contribution < 1.29 is 24.5 Å². The second-order valence-corrected chi connectivity index (χ2v) is 5.34. The number of piperidine rings is 1. The van der Waals surface area contributed by atoms with Crippen molar-refractivity contribution in [2.24, 2.45) is 0 Å². The summed E-state index contributed by atoms with van der Waals surface area (Å²) in [4.78, 5) is 26.5. The number of hydrogen-bond donors (Lipinski definition) is 2. The Labute approximate surface area is 125 Å². The molecule has 0 aromatic carbocycles. The molecule has 2 N–H and O–H groups in total. The maximum absolute atomic E-state index is 12.5. The van der Waals surface area contributed by atoms with E-state index in [1.165, 1.54) is 4.90 Å². The quantitative estimate of drug-likeness (QED) is 0.725. The summed E-state index contributed by atoms with van der Waals surface area (Å²) in [7, 11) is 0. The van der Waals surface area contributed by atoms with Gasteiger partial charge in [0.25, 0.3) is 0 Å².